The molecule has 0 heterocycles. The first-order valence-corrected chi connectivity index (χ1v) is 13.6. The highest BCUT2D eigenvalue weighted by atomic mass is 33.9. The molecule has 12 heteroatoms. The van der Waals surface area contributed by atoms with Crippen LogP contribution in [0.15, 0.2) is 58.3 Å². The molecule has 0 aliphatic rings. The van der Waals surface area contributed by atoms with Crippen molar-refractivity contribution < 1.29 is 9.85 Å². The molecule has 2 aromatic carbocycles. The number of para-hydroxylation sites is 2. The Morgan fingerprint density at radius 3 is 1.38 bits per heavy atom. The van der Waals surface area contributed by atoms with Gasteiger partial charge < -0.3 is 0 Å². The van der Waals surface area contributed by atoms with Crippen LogP contribution in [0.4, 0.5) is 11.4 Å². The highest BCUT2D eigenvalue weighted by molar-refractivity contribution is 9.41. The number of hydrogen-bond acceptors (Lipinski definition) is 10. The van der Waals surface area contributed by atoms with Gasteiger partial charge >= 0.3 is 0 Å². The third kappa shape index (κ3) is 6.01. The minimum absolute atomic E-state index is 0.0857. The van der Waals surface area contributed by atoms with Gasteiger partial charge in [0.1, 0.15) is 0 Å². The molecule has 0 amide bonds. The van der Waals surface area contributed by atoms with Crippen molar-refractivity contribution in [3.05, 3.63) is 68.8 Å². The summed E-state index contributed by atoms with van der Waals surface area (Å²) < 4.78 is 0. The van der Waals surface area contributed by atoms with Crippen LogP contribution in [0.1, 0.15) is 0 Å². The van der Waals surface area contributed by atoms with Crippen LogP contribution in [0, 0.1) is 20.2 Å². The summed E-state index contributed by atoms with van der Waals surface area (Å²) in [5, 5.41) is 21.8. The highest BCUT2D eigenvalue weighted by Crippen LogP contribution is 2.56. The summed E-state index contributed by atoms with van der Waals surface area (Å²) >= 11 is 0. The van der Waals surface area contributed by atoms with Crippen LogP contribution in [-0.2, 0) is 0 Å². The number of nitro groups is 2. The fourth-order valence-electron chi connectivity index (χ4n) is 1.48. The lowest BCUT2D eigenvalue weighted by molar-refractivity contribution is -0.387. The number of nitro benzene ring substituents is 2. The SMILES string of the molecule is O=[N+]([O-])c1ccccc1SSSSSSc1ccccc1[N+](=O)[O-]. The summed E-state index contributed by atoms with van der Waals surface area (Å²) in [7, 11) is 8.34. The summed E-state index contributed by atoms with van der Waals surface area (Å²) in [4.78, 5) is 22.2. The molecule has 0 saturated carbocycles. The first-order valence-electron chi connectivity index (χ1n) is 6.07. The molecule has 0 spiro atoms. The van der Waals surface area contributed by atoms with Crippen LogP contribution in [0.3, 0.4) is 0 Å². The fraction of sp³-hybridized carbons (Fsp3) is 0. The molecule has 0 aromatic heterocycles. The van der Waals surface area contributed by atoms with Crippen LogP contribution >= 0.6 is 60.9 Å². The lowest BCUT2D eigenvalue weighted by Gasteiger charge is -2.02. The van der Waals surface area contributed by atoms with E-state index in [-0.39, 0.29) is 11.4 Å². The van der Waals surface area contributed by atoms with Gasteiger partial charge in [0.15, 0.2) is 0 Å². The quantitative estimate of drug-likeness (QED) is 0.179. The standard InChI is InChI=1S/C12H8N2O4S6/c15-13(16)9-5-1-3-7-11(9)19-21-23-24-22-20-12-8-4-2-6-10(12)14(17)18/h1-8H. The number of benzene rings is 2. The molecule has 6 nitrogen and oxygen atoms in total. The van der Waals surface area contributed by atoms with E-state index in [0.29, 0.717) is 9.79 Å². The topological polar surface area (TPSA) is 86.3 Å². The molecule has 0 unspecified atom stereocenters. The lowest BCUT2D eigenvalue weighted by Crippen LogP contribution is -1.88. The van der Waals surface area contributed by atoms with E-state index >= 15 is 0 Å². The van der Waals surface area contributed by atoms with Gasteiger partial charge in [0.2, 0.25) is 0 Å². The van der Waals surface area contributed by atoms with E-state index in [1.807, 2.05) is 0 Å². The minimum atomic E-state index is -0.403. The fourth-order valence-corrected chi connectivity index (χ4v) is 12.7. The second-order valence-corrected chi connectivity index (χ2v) is 13.2. The average Bonchev–Trinajstić information content (AvgIpc) is 2.58. The Bertz CT molecular complexity index is 671. The maximum absolute atomic E-state index is 10.9. The van der Waals surface area contributed by atoms with Gasteiger partial charge in [-0.25, -0.2) is 0 Å². The van der Waals surface area contributed by atoms with Crippen molar-refractivity contribution in [3.63, 3.8) is 0 Å². The second-order valence-electron chi connectivity index (χ2n) is 3.89. The molecule has 0 radical (unpaired) electrons. The molecule has 24 heavy (non-hydrogen) atoms. The van der Waals surface area contributed by atoms with Gasteiger partial charge in [-0.1, -0.05) is 24.3 Å². The summed E-state index contributed by atoms with van der Waals surface area (Å²) in [6, 6.07) is 13.1. The summed E-state index contributed by atoms with van der Waals surface area (Å²) in [6.07, 6.45) is 0. The Morgan fingerprint density at radius 1 is 0.625 bits per heavy atom. The molecule has 0 N–H and O–H groups in total. The molecule has 2 aromatic rings. The molecule has 126 valence electrons. The zero-order chi connectivity index (χ0) is 17.4. The molecule has 2 rings (SSSR count). The van der Waals surface area contributed by atoms with Crippen molar-refractivity contribution in [2.45, 2.75) is 9.79 Å². The van der Waals surface area contributed by atoms with Gasteiger partial charge in [-0.2, -0.15) is 0 Å². The Balaban J connectivity index is 1.75. The van der Waals surface area contributed by atoms with Crippen molar-refractivity contribution in [1.29, 1.82) is 0 Å². The molecule has 0 atom stereocenters. The minimum Gasteiger partial charge on any atom is -0.258 e. The van der Waals surface area contributed by atoms with E-state index in [1.54, 1.807) is 36.4 Å². The van der Waals surface area contributed by atoms with Gasteiger partial charge in [0.25, 0.3) is 11.4 Å². The van der Waals surface area contributed by atoms with Crippen LogP contribution in [-0.4, -0.2) is 9.85 Å². The normalized spacial score (nSPS) is 10.5. The van der Waals surface area contributed by atoms with Crippen LogP contribution < -0.4 is 0 Å². The van der Waals surface area contributed by atoms with Crippen LogP contribution in [0.25, 0.3) is 0 Å². The number of hydrogen-bond donors (Lipinski definition) is 0. The average molecular weight is 437 g/mol. The van der Waals surface area contributed by atoms with Gasteiger partial charge in [-0.3, -0.25) is 20.2 Å². The van der Waals surface area contributed by atoms with Crippen LogP contribution in [0.5, 0.6) is 0 Å². The smallest absolute Gasteiger partial charge is 0.258 e. The molecule has 0 bridgehead atoms. The zero-order valence-corrected chi connectivity index (χ0v) is 16.5. The van der Waals surface area contributed by atoms with Gasteiger partial charge in [0, 0.05) is 12.1 Å². The molecular formula is C12H8N2O4S6. The molecule has 0 fully saturated rings. The Hall–Kier alpha value is -0.660. The highest BCUT2D eigenvalue weighted by Gasteiger charge is 2.14. The van der Waals surface area contributed by atoms with Crippen molar-refractivity contribution in [2.75, 3.05) is 0 Å². The zero-order valence-electron chi connectivity index (χ0n) is 11.6. The maximum Gasteiger partial charge on any atom is 0.283 e. The predicted molar refractivity (Wildman–Crippen MR) is 108 cm³/mol. The van der Waals surface area contributed by atoms with Gasteiger partial charge in [0.05, 0.1) is 19.6 Å². The third-order valence-corrected chi connectivity index (χ3v) is 13.0. The molecular weight excluding hydrogens is 429 g/mol. The molecule has 0 saturated heterocycles. The maximum atomic E-state index is 10.9. The summed E-state index contributed by atoms with van der Waals surface area (Å²) in [5.41, 5.74) is 0.171. The van der Waals surface area contributed by atoms with E-state index in [4.69, 9.17) is 0 Å². The van der Waals surface area contributed by atoms with Crippen molar-refractivity contribution >= 4 is 72.3 Å². The van der Waals surface area contributed by atoms with Crippen molar-refractivity contribution in [1.82, 2.24) is 0 Å². The van der Waals surface area contributed by atoms with E-state index in [9.17, 15) is 20.2 Å². The Kier molecular flexibility index (Phi) is 8.49. The van der Waals surface area contributed by atoms with E-state index in [2.05, 4.69) is 0 Å². The molecule has 0 aliphatic carbocycles. The summed E-state index contributed by atoms with van der Waals surface area (Å²) in [5.74, 6) is 0. The van der Waals surface area contributed by atoms with Crippen molar-refractivity contribution in [2.24, 2.45) is 0 Å². The first kappa shape index (κ1) is 19.7. The Labute approximate surface area is 160 Å². The van der Waals surface area contributed by atoms with Crippen LogP contribution in [0.2, 0.25) is 0 Å². The largest absolute Gasteiger partial charge is 0.283 e. The lowest BCUT2D eigenvalue weighted by atomic mass is 10.3. The Morgan fingerprint density at radius 2 is 1.00 bits per heavy atom. The molecule has 0 aliphatic heterocycles. The predicted octanol–water partition coefficient (Wildman–Crippen LogP) is 6.90. The van der Waals surface area contributed by atoms with Crippen molar-refractivity contribution in [3.8, 4) is 0 Å². The second kappa shape index (κ2) is 10.4. The number of nitrogens with zero attached hydrogens (tertiary/aromatic N) is 2. The van der Waals surface area contributed by atoms with E-state index < -0.39 is 9.85 Å². The van der Waals surface area contributed by atoms with E-state index in [0.717, 1.165) is 0 Å². The van der Waals surface area contributed by atoms with Gasteiger partial charge in [-0.05, 0) is 73.0 Å². The number of rotatable bonds is 9. The van der Waals surface area contributed by atoms with E-state index in [1.165, 1.54) is 73.0 Å². The first-order chi connectivity index (χ1) is 11.6. The third-order valence-electron chi connectivity index (χ3n) is 2.45. The summed E-state index contributed by atoms with van der Waals surface area (Å²) in [6.45, 7) is 0. The monoisotopic (exact) mass is 436 g/mol. The van der Waals surface area contributed by atoms with Gasteiger partial charge in [-0.15, -0.1) is 0 Å².